The maximum atomic E-state index is 11.9. The van der Waals surface area contributed by atoms with E-state index in [1.165, 1.54) is 0 Å². The molecule has 104 valence electrons. The summed E-state index contributed by atoms with van der Waals surface area (Å²) in [6.45, 7) is 3.99. The maximum absolute atomic E-state index is 11.9. The van der Waals surface area contributed by atoms with Crippen LogP contribution in [0.15, 0.2) is 18.2 Å². The van der Waals surface area contributed by atoms with Gasteiger partial charge in [-0.2, -0.15) is 0 Å². The van der Waals surface area contributed by atoms with Crippen molar-refractivity contribution in [1.29, 1.82) is 0 Å². The topological polar surface area (TPSA) is 55.6 Å². The normalized spacial score (nSPS) is 16.0. The van der Waals surface area contributed by atoms with Gasteiger partial charge in [-0.05, 0) is 38.3 Å². The molecule has 1 aliphatic rings. The molecule has 0 saturated heterocycles. The van der Waals surface area contributed by atoms with Crippen LogP contribution in [0.5, 0.6) is 5.75 Å². The molecule has 19 heavy (non-hydrogen) atoms. The fourth-order valence-corrected chi connectivity index (χ4v) is 2.05. The molecule has 0 unspecified atom stereocenters. The van der Waals surface area contributed by atoms with Crippen molar-refractivity contribution in [3.8, 4) is 5.75 Å². The second-order valence-corrected chi connectivity index (χ2v) is 5.35. The fourth-order valence-electron chi connectivity index (χ4n) is 2.05. The summed E-state index contributed by atoms with van der Waals surface area (Å²) in [6.07, 6.45) is 2.22. The smallest absolute Gasteiger partial charge is 0.260 e. The minimum absolute atomic E-state index is 0.0274. The SMILES string of the molecule is Cc1ccc([C@H](C)N)c(OCC(=O)N(C)C2CC2)c1. The molecule has 1 aliphatic carbocycles. The van der Waals surface area contributed by atoms with Crippen LogP contribution >= 0.6 is 0 Å². The van der Waals surface area contributed by atoms with Gasteiger partial charge in [0.25, 0.3) is 5.91 Å². The van der Waals surface area contributed by atoms with Crippen molar-refractivity contribution < 1.29 is 9.53 Å². The number of nitrogens with zero attached hydrogens (tertiary/aromatic N) is 1. The van der Waals surface area contributed by atoms with E-state index in [4.69, 9.17) is 10.5 Å². The number of amides is 1. The number of nitrogens with two attached hydrogens (primary N) is 1. The van der Waals surface area contributed by atoms with E-state index in [1.54, 1.807) is 4.90 Å². The highest BCUT2D eigenvalue weighted by Gasteiger charge is 2.29. The number of hydrogen-bond donors (Lipinski definition) is 1. The Morgan fingerprint density at radius 1 is 1.53 bits per heavy atom. The highest BCUT2D eigenvalue weighted by molar-refractivity contribution is 5.78. The first kappa shape index (κ1) is 13.9. The van der Waals surface area contributed by atoms with Gasteiger partial charge in [-0.3, -0.25) is 4.79 Å². The second kappa shape index (κ2) is 5.61. The van der Waals surface area contributed by atoms with Crippen LogP contribution in [0.25, 0.3) is 0 Å². The third-order valence-corrected chi connectivity index (χ3v) is 3.50. The van der Waals surface area contributed by atoms with Gasteiger partial charge in [-0.15, -0.1) is 0 Å². The molecule has 4 nitrogen and oxygen atoms in total. The Balaban J connectivity index is 2.01. The van der Waals surface area contributed by atoms with E-state index in [1.807, 2.05) is 39.1 Å². The zero-order valence-electron chi connectivity index (χ0n) is 11.8. The molecule has 1 saturated carbocycles. The number of ether oxygens (including phenoxy) is 1. The molecule has 1 aromatic rings. The van der Waals surface area contributed by atoms with E-state index in [9.17, 15) is 4.79 Å². The number of carbonyl (C=O) groups is 1. The van der Waals surface area contributed by atoms with Gasteiger partial charge in [0.15, 0.2) is 6.61 Å². The van der Waals surface area contributed by atoms with Gasteiger partial charge in [-0.1, -0.05) is 12.1 Å². The molecule has 4 heteroatoms. The average molecular weight is 262 g/mol. The number of carbonyl (C=O) groups excluding carboxylic acids is 1. The molecule has 0 aromatic heterocycles. The first-order chi connectivity index (χ1) is 8.99. The molecule has 0 spiro atoms. The third kappa shape index (κ3) is 3.47. The lowest BCUT2D eigenvalue weighted by atomic mass is 10.1. The predicted octanol–water partition coefficient (Wildman–Crippen LogP) is 2.01. The summed E-state index contributed by atoms with van der Waals surface area (Å²) in [5.41, 5.74) is 7.95. The lowest BCUT2D eigenvalue weighted by Gasteiger charge is -2.18. The lowest BCUT2D eigenvalue weighted by Crippen LogP contribution is -2.33. The van der Waals surface area contributed by atoms with Gasteiger partial charge in [0.1, 0.15) is 5.75 Å². The largest absolute Gasteiger partial charge is 0.483 e. The van der Waals surface area contributed by atoms with Crippen molar-refractivity contribution in [3.63, 3.8) is 0 Å². The fraction of sp³-hybridized carbons (Fsp3) is 0.533. The van der Waals surface area contributed by atoms with Crippen LogP contribution in [0, 0.1) is 6.92 Å². The molecule has 1 aromatic carbocycles. The molecule has 0 heterocycles. The maximum Gasteiger partial charge on any atom is 0.260 e. The summed E-state index contributed by atoms with van der Waals surface area (Å²) < 4.78 is 5.67. The minimum atomic E-state index is -0.105. The Kier molecular flexibility index (Phi) is 4.10. The predicted molar refractivity (Wildman–Crippen MR) is 75.1 cm³/mol. The first-order valence-corrected chi connectivity index (χ1v) is 6.73. The monoisotopic (exact) mass is 262 g/mol. The van der Waals surface area contributed by atoms with Crippen LogP contribution in [0.2, 0.25) is 0 Å². The van der Waals surface area contributed by atoms with Gasteiger partial charge in [0.2, 0.25) is 0 Å². The minimum Gasteiger partial charge on any atom is -0.483 e. The Bertz CT molecular complexity index is 467. The lowest BCUT2D eigenvalue weighted by molar-refractivity contribution is -0.132. The summed E-state index contributed by atoms with van der Waals surface area (Å²) in [7, 11) is 1.84. The Morgan fingerprint density at radius 3 is 2.79 bits per heavy atom. The van der Waals surface area contributed by atoms with Gasteiger partial charge in [-0.25, -0.2) is 0 Å². The molecular formula is C15H22N2O2. The van der Waals surface area contributed by atoms with Gasteiger partial charge >= 0.3 is 0 Å². The van der Waals surface area contributed by atoms with Crippen LogP contribution in [0.4, 0.5) is 0 Å². The van der Waals surface area contributed by atoms with Crippen LogP contribution in [0.1, 0.15) is 36.9 Å². The quantitative estimate of drug-likeness (QED) is 0.883. The summed E-state index contributed by atoms with van der Waals surface area (Å²) in [6, 6.07) is 6.21. The second-order valence-electron chi connectivity index (χ2n) is 5.35. The van der Waals surface area contributed by atoms with Gasteiger partial charge < -0.3 is 15.4 Å². The van der Waals surface area contributed by atoms with Crippen molar-refractivity contribution in [2.75, 3.05) is 13.7 Å². The standard InChI is InChI=1S/C15H22N2O2/c1-10-4-7-13(11(2)16)14(8-10)19-9-15(18)17(3)12-5-6-12/h4,7-8,11-12H,5-6,9,16H2,1-3H3/t11-/m0/s1. The molecular weight excluding hydrogens is 240 g/mol. The number of hydrogen-bond acceptors (Lipinski definition) is 3. The summed E-state index contributed by atoms with van der Waals surface area (Å²) >= 11 is 0. The molecule has 0 aliphatic heterocycles. The van der Waals surface area contributed by atoms with Crippen LogP contribution < -0.4 is 10.5 Å². The van der Waals surface area contributed by atoms with Crippen LogP contribution in [-0.2, 0) is 4.79 Å². The van der Waals surface area contributed by atoms with Crippen molar-refractivity contribution in [3.05, 3.63) is 29.3 Å². The Hall–Kier alpha value is -1.55. The van der Waals surface area contributed by atoms with E-state index in [0.717, 1.165) is 24.0 Å². The summed E-state index contributed by atoms with van der Waals surface area (Å²) in [5.74, 6) is 0.743. The average Bonchev–Trinajstić information content (AvgIpc) is 3.18. The van der Waals surface area contributed by atoms with Crippen molar-refractivity contribution in [2.24, 2.45) is 5.73 Å². The number of likely N-dealkylation sites (N-methyl/N-ethyl adjacent to an activating group) is 1. The summed E-state index contributed by atoms with van der Waals surface area (Å²) in [5, 5.41) is 0. The van der Waals surface area contributed by atoms with Gasteiger partial charge in [0, 0.05) is 24.7 Å². The van der Waals surface area contributed by atoms with Crippen molar-refractivity contribution in [1.82, 2.24) is 4.90 Å². The molecule has 1 fully saturated rings. The molecule has 0 bridgehead atoms. The van der Waals surface area contributed by atoms with E-state index in [-0.39, 0.29) is 18.6 Å². The first-order valence-electron chi connectivity index (χ1n) is 6.73. The van der Waals surface area contributed by atoms with Crippen molar-refractivity contribution in [2.45, 2.75) is 38.8 Å². The van der Waals surface area contributed by atoms with Crippen molar-refractivity contribution >= 4 is 5.91 Å². The van der Waals surface area contributed by atoms with Crippen LogP contribution in [0.3, 0.4) is 0 Å². The molecule has 1 atom stereocenters. The zero-order chi connectivity index (χ0) is 14.0. The van der Waals surface area contributed by atoms with E-state index < -0.39 is 0 Å². The molecule has 1 amide bonds. The van der Waals surface area contributed by atoms with E-state index in [2.05, 4.69) is 0 Å². The van der Waals surface area contributed by atoms with E-state index in [0.29, 0.717) is 11.8 Å². The number of rotatable bonds is 5. The number of aryl methyl sites for hydroxylation is 1. The highest BCUT2D eigenvalue weighted by Crippen LogP contribution is 2.27. The Morgan fingerprint density at radius 2 is 2.21 bits per heavy atom. The molecule has 2 N–H and O–H groups in total. The Labute approximate surface area is 114 Å². The zero-order valence-corrected chi connectivity index (χ0v) is 11.8. The summed E-state index contributed by atoms with van der Waals surface area (Å²) in [4.78, 5) is 13.7. The molecule has 2 rings (SSSR count). The highest BCUT2D eigenvalue weighted by atomic mass is 16.5. The molecule has 0 radical (unpaired) electrons. The van der Waals surface area contributed by atoms with Crippen LogP contribution in [-0.4, -0.2) is 30.5 Å². The van der Waals surface area contributed by atoms with Gasteiger partial charge in [0.05, 0.1) is 0 Å². The number of benzene rings is 1. The third-order valence-electron chi connectivity index (χ3n) is 3.50. The van der Waals surface area contributed by atoms with E-state index >= 15 is 0 Å².